The second-order valence-corrected chi connectivity index (χ2v) is 3.90. The summed E-state index contributed by atoms with van der Waals surface area (Å²) in [6.45, 7) is 0. The van der Waals surface area contributed by atoms with Crippen molar-refractivity contribution in [1.82, 2.24) is 14.5 Å². The van der Waals surface area contributed by atoms with E-state index in [2.05, 4.69) is 25.9 Å². The molecule has 0 saturated heterocycles. The van der Waals surface area contributed by atoms with Crippen LogP contribution in [0.5, 0.6) is 0 Å². The fourth-order valence-corrected chi connectivity index (χ4v) is 1.62. The second kappa shape index (κ2) is 3.19. The van der Waals surface area contributed by atoms with Gasteiger partial charge in [0.15, 0.2) is 5.65 Å². The fourth-order valence-electron chi connectivity index (χ4n) is 1.31. The summed E-state index contributed by atoms with van der Waals surface area (Å²) in [7, 11) is 1.29. The van der Waals surface area contributed by atoms with Crippen LogP contribution in [0.2, 0.25) is 0 Å². The Bertz CT molecular complexity index is 518. The van der Waals surface area contributed by atoms with Gasteiger partial charge in [-0.15, -0.1) is 0 Å². The van der Waals surface area contributed by atoms with Crippen LogP contribution in [0.1, 0.15) is 5.82 Å². The molecule has 0 radical (unpaired) electrons. The van der Waals surface area contributed by atoms with Gasteiger partial charge in [-0.3, -0.25) is 0 Å². The largest absolute Gasteiger partial charge is 0.449 e. The molecule has 80 valence electrons. The zero-order valence-electron chi connectivity index (χ0n) is 7.51. The van der Waals surface area contributed by atoms with E-state index in [9.17, 15) is 13.2 Å². The average Bonchev–Trinajstić information content (AvgIpc) is 2.42. The number of hydrogen-bond acceptors (Lipinski definition) is 2. The molecule has 0 unspecified atom stereocenters. The molecular weight excluding hydrogens is 275 g/mol. The third kappa shape index (κ3) is 1.71. The molecule has 7 heteroatoms. The molecule has 2 aromatic rings. The van der Waals surface area contributed by atoms with E-state index < -0.39 is 12.0 Å². The van der Waals surface area contributed by atoms with Crippen LogP contribution in [-0.4, -0.2) is 14.5 Å². The van der Waals surface area contributed by atoms with Gasteiger partial charge in [0.05, 0.1) is 0 Å². The highest BCUT2D eigenvalue weighted by Gasteiger charge is 2.36. The molecule has 0 atom stereocenters. The monoisotopic (exact) mass is 279 g/mol. The van der Waals surface area contributed by atoms with E-state index in [1.807, 2.05) is 0 Å². The van der Waals surface area contributed by atoms with Crippen molar-refractivity contribution in [2.24, 2.45) is 7.05 Å². The topological polar surface area (TPSA) is 30.7 Å². The number of rotatable bonds is 0. The molecule has 2 aromatic heterocycles. The van der Waals surface area contributed by atoms with Crippen molar-refractivity contribution in [2.45, 2.75) is 6.18 Å². The number of hydrogen-bond donors (Lipinski definition) is 0. The maximum atomic E-state index is 12.5. The SMILES string of the molecule is Cn1c(C(F)(F)F)nc2cc(Br)cnc21. The number of imidazole rings is 1. The predicted octanol–water partition coefficient (Wildman–Crippen LogP) is 2.75. The van der Waals surface area contributed by atoms with Crippen molar-refractivity contribution >= 4 is 27.1 Å². The first-order valence-corrected chi connectivity index (χ1v) is 4.74. The number of alkyl halides is 3. The summed E-state index contributed by atoms with van der Waals surface area (Å²) < 4.78 is 38.9. The number of pyridine rings is 1. The number of fused-ring (bicyclic) bond motifs is 1. The lowest BCUT2D eigenvalue weighted by Crippen LogP contribution is -2.12. The Kier molecular flexibility index (Phi) is 2.22. The van der Waals surface area contributed by atoms with Gasteiger partial charge in [0.25, 0.3) is 0 Å². The van der Waals surface area contributed by atoms with Crippen molar-refractivity contribution in [1.29, 1.82) is 0 Å². The maximum absolute atomic E-state index is 12.5. The summed E-state index contributed by atoms with van der Waals surface area (Å²) >= 11 is 3.12. The van der Waals surface area contributed by atoms with Gasteiger partial charge in [0.2, 0.25) is 5.82 Å². The molecule has 0 fully saturated rings. The minimum Gasteiger partial charge on any atom is -0.308 e. The zero-order chi connectivity index (χ0) is 11.2. The molecule has 0 spiro atoms. The van der Waals surface area contributed by atoms with Gasteiger partial charge in [-0.2, -0.15) is 13.2 Å². The summed E-state index contributed by atoms with van der Waals surface area (Å²) in [5.74, 6) is -0.942. The van der Waals surface area contributed by atoms with Crippen molar-refractivity contribution in [3.05, 3.63) is 22.6 Å². The maximum Gasteiger partial charge on any atom is 0.449 e. The number of halogens is 4. The highest BCUT2D eigenvalue weighted by molar-refractivity contribution is 9.10. The Balaban J connectivity index is 2.75. The first-order valence-electron chi connectivity index (χ1n) is 3.95. The summed E-state index contributed by atoms with van der Waals surface area (Å²) in [5, 5.41) is 0. The van der Waals surface area contributed by atoms with E-state index >= 15 is 0 Å². The van der Waals surface area contributed by atoms with E-state index in [-0.39, 0.29) is 11.2 Å². The van der Waals surface area contributed by atoms with Crippen LogP contribution in [0.25, 0.3) is 11.2 Å². The Morgan fingerprint density at radius 2 is 2.07 bits per heavy atom. The minimum atomic E-state index is -4.46. The number of nitrogens with zero attached hydrogens (tertiary/aromatic N) is 3. The first kappa shape index (κ1) is 10.4. The van der Waals surface area contributed by atoms with E-state index in [1.165, 1.54) is 19.3 Å². The Labute approximate surface area is 91.1 Å². The lowest BCUT2D eigenvalue weighted by atomic mass is 10.4. The van der Waals surface area contributed by atoms with E-state index in [0.29, 0.717) is 4.47 Å². The van der Waals surface area contributed by atoms with Gasteiger partial charge in [-0.05, 0) is 22.0 Å². The summed E-state index contributed by atoms with van der Waals surface area (Å²) in [6.07, 6.45) is -3.02. The van der Waals surface area contributed by atoms with Gasteiger partial charge < -0.3 is 4.57 Å². The zero-order valence-corrected chi connectivity index (χ0v) is 9.09. The quantitative estimate of drug-likeness (QED) is 0.743. The highest BCUT2D eigenvalue weighted by Crippen LogP contribution is 2.30. The molecule has 0 bridgehead atoms. The minimum absolute atomic E-state index is 0.213. The molecule has 0 aliphatic rings. The van der Waals surface area contributed by atoms with Crippen LogP contribution < -0.4 is 0 Å². The number of aryl methyl sites for hydroxylation is 1. The van der Waals surface area contributed by atoms with E-state index in [4.69, 9.17) is 0 Å². The smallest absolute Gasteiger partial charge is 0.308 e. The van der Waals surface area contributed by atoms with Gasteiger partial charge in [0.1, 0.15) is 5.52 Å². The lowest BCUT2D eigenvalue weighted by molar-refractivity contribution is -0.146. The standard InChI is InChI=1S/C8H5BrF3N3/c1-15-6-5(2-4(9)3-13-6)14-7(15)8(10,11)12/h2-3H,1H3. The van der Waals surface area contributed by atoms with E-state index in [0.717, 1.165) is 4.57 Å². The van der Waals surface area contributed by atoms with Crippen molar-refractivity contribution < 1.29 is 13.2 Å². The summed E-state index contributed by atoms with van der Waals surface area (Å²) in [4.78, 5) is 7.36. The highest BCUT2D eigenvalue weighted by atomic mass is 79.9. The van der Waals surface area contributed by atoms with Gasteiger partial charge in [0, 0.05) is 17.7 Å². The fraction of sp³-hybridized carbons (Fsp3) is 0.250. The lowest BCUT2D eigenvalue weighted by Gasteiger charge is -2.04. The molecule has 0 N–H and O–H groups in total. The first-order chi connectivity index (χ1) is 6.89. The van der Waals surface area contributed by atoms with Crippen LogP contribution in [0.15, 0.2) is 16.7 Å². The van der Waals surface area contributed by atoms with Gasteiger partial charge in [-0.25, -0.2) is 9.97 Å². The van der Waals surface area contributed by atoms with Crippen LogP contribution in [0.4, 0.5) is 13.2 Å². The molecule has 0 aliphatic heterocycles. The molecule has 2 rings (SSSR count). The van der Waals surface area contributed by atoms with Crippen molar-refractivity contribution in [3.63, 3.8) is 0 Å². The van der Waals surface area contributed by atoms with Crippen LogP contribution in [-0.2, 0) is 13.2 Å². The van der Waals surface area contributed by atoms with Gasteiger partial charge in [-0.1, -0.05) is 0 Å². The average molecular weight is 280 g/mol. The molecule has 3 nitrogen and oxygen atoms in total. The van der Waals surface area contributed by atoms with Crippen LogP contribution in [0.3, 0.4) is 0 Å². The summed E-state index contributed by atoms with van der Waals surface area (Å²) in [6, 6.07) is 1.50. The van der Waals surface area contributed by atoms with E-state index in [1.54, 1.807) is 0 Å². The van der Waals surface area contributed by atoms with Crippen molar-refractivity contribution in [2.75, 3.05) is 0 Å². The molecule has 0 saturated carbocycles. The molecular formula is C8H5BrF3N3. The third-order valence-corrected chi connectivity index (χ3v) is 2.36. The predicted molar refractivity (Wildman–Crippen MR) is 51.2 cm³/mol. The Morgan fingerprint density at radius 3 is 2.67 bits per heavy atom. The van der Waals surface area contributed by atoms with Gasteiger partial charge >= 0.3 is 6.18 Å². The molecule has 0 amide bonds. The Morgan fingerprint density at radius 1 is 1.40 bits per heavy atom. The molecule has 2 heterocycles. The molecule has 0 aromatic carbocycles. The van der Waals surface area contributed by atoms with Crippen molar-refractivity contribution in [3.8, 4) is 0 Å². The summed E-state index contributed by atoms with van der Waals surface area (Å²) in [5.41, 5.74) is 0.435. The number of aromatic nitrogens is 3. The normalized spacial score (nSPS) is 12.3. The second-order valence-electron chi connectivity index (χ2n) is 2.99. The third-order valence-electron chi connectivity index (χ3n) is 1.93. The molecule has 0 aliphatic carbocycles. The molecule has 15 heavy (non-hydrogen) atoms. The van der Waals surface area contributed by atoms with Crippen LogP contribution >= 0.6 is 15.9 Å². The Hall–Kier alpha value is -1.11. The van der Waals surface area contributed by atoms with Crippen LogP contribution in [0, 0.1) is 0 Å².